The molecule has 1 fully saturated rings. The highest BCUT2D eigenvalue weighted by Gasteiger charge is 2.29. The zero-order valence-corrected chi connectivity index (χ0v) is 14.1. The monoisotopic (exact) mass is 329 g/mol. The van der Waals surface area contributed by atoms with Crippen LogP contribution in [0.15, 0.2) is 54.6 Å². The van der Waals surface area contributed by atoms with Crippen molar-refractivity contribution in [3.05, 3.63) is 70.7 Å². The third-order valence-electron chi connectivity index (χ3n) is 4.89. The standard InChI is InChI=1S/C20H24ClNO/c21-19-8-6-17(7-9-19)20-15-22(12-10-18(20)11-13-23)14-16-4-2-1-3-5-16/h1-9,18,20,23H,10-15H2/t18-,20+/m0/s1. The van der Waals surface area contributed by atoms with Crippen LogP contribution in [-0.4, -0.2) is 29.7 Å². The van der Waals surface area contributed by atoms with Crippen LogP contribution in [0.5, 0.6) is 0 Å². The van der Waals surface area contributed by atoms with Gasteiger partial charge in [-0.1, -0.05) is 54.1 Å². The first kappa shape index (κ1) is 16.5. The molecule has 2 nitrogen and oxygen atoms in total. The number of likely N-dealkylation sites (tertiary alicyclic amines) is 1. The second-order valence-electron chi connectivity index (χ2n) is 6.44. The van der Waals surface area contributed by atoms with Gasteiger partial charge in [-0.15, -0.1) is 0 Å². The van der Waals surface area contributed by atoms with Crippen LogP contribution in [0, 0.1) is 5.92 Å². The summed E-state index contributed by atoms with van der Waals surface area (Å²) < 4.78 is 0. The molecule has 2 aromatic rings. The summed E-state index contributed by atoms with van der Waals surface area (Å²) in [6.45, 7) is 3.41. The number of rotatable bonds is 5. The van der Waals surface area contributed by atoms with Gasteiger partial charge >= 0.3 is 0 Å². The second kappa shape index (κ2) is 7.96. The molecule has 1 heterocycles. The number of aliphatic hydroxyl groups excluding tert-OH is 1. The Morgan fingerprint density at radius 1 is 1.04 bits per heavy atom. The fourth-order valence-electron chi connectivity index (χ4n) is 3.65. The highest BCUT2D eigenvalue weighted by molar-refractivity contribution is 6.30. The Morgan fingerprint density at radius 2 is 1.78 bits per heavy atom. The van der Waals surface area contributed by atoms with E-state index in [2.05, 4.69) is 47.4 Å². The molecular formula is C20H24ClNO. The summed E-state index contributed by atoms with van der Waals surface area (Å²) in [5, 5.41) is 10.2. The molecule has 0 amide bonds. The van der Waals surface area contributed by atoms with Crippen LogP contribution in [0.2, 0.25) is 5.02 Å². The maximum atomic E-state index is 9.39. The molecule has 1 aliphatic rings. The van der Waals surface area contributed by atoms with Crippen molar-refractivity contribution in [1.29, 1.82) is 0 Å². The van der Waals surface area contributed by atoms with Gasteiger partial charge in [0.05, 0.1) is 0 Å². The molecule has 0 aliphatic carbocycles. The predicted octanol–water partition coefficient (Wildman–Crippen LogP) is 4.33. The van der Waals surface area contributed by atoms with Crippen LogP contribution in [0.4, 0.5) is 0 Å². The van der Waals surface area contributed by atoms with Crippen molar-refractivity contribution < 1.29 is 5.11 Å². The number of nitrogens with zero attached hydrogens (tertiary/aromatic N) is 1. The van der Waals surface area contributed by atoms with Gasteiger partial charge in [-0.05, 0) is 54.5 Å². The minimum absolute atomic E-state index is 0.271. The van der Waals surface area contributed by atoms with Crippen molar-refractivity contribution in [2.45, 2.75) is 25.3 Å². The van der Waals surface area contributed by atoms with Gasteiger partial charge in [0.25, 0.3) is 0 Å². The normalized spacial score (nSPS) is 22.2. The van der Waals surface area contributed by atoms with Crippen LogP contribution in [0.1, 0.15) is 29.9 Å². The Hall–Kier alpha value is -1.35. The minimum atomic E-state index is 0.271. The third-order valence-corrected chi connectivity index (χ3v) is 5.14. The van der Waals surface area contributed by atoms with Gasteiger partial charge in [-0.2, -0.15) is 0 Å². The van der Waals surface area contributed by atoms with E-state index in [9.17, 15) is 5.11 Å². The quantitative estimate of drug-likeness (QED) is 0.882. The molecule has 0 unspecified atom stereocenters. The molecule has 1 N–H and O–H groups in total. The molecule has 1 aliphatic heterocycles. The summed E-state index contributed by atoms with van der Waals surface area (Å²) in [6, 6.07) is 18.9. The Bertz CT molecular complexity index is 599. The Balaban J connectivity index is 1.74. The SMILES string of the molecule is OCC[C@@H]1CCN(Cc2ccccc2)C[C@@H]1c1ccc(Cl)cc1. The third kappa shape index (κ3) is 4.35. The Morgan fingerprint density at radius 3 is 2.48 bits per heavy atom. The molecule has 0 saturated carbocycles. The van der Waals surface area contributed by atoms with E-state index in [4.69, 9.17) is 11.6 Å². The number of hydrogen-bond acceptors (Lipinski definition) is 2. The number of halogens is 1. The number of aliphatic hydroxyl groups is 1. The maximum Gasteiger partial charge on any atom is 0.0433 e. The van der Waals surface area contributed by atoms with E-state index in [0.29, 0.717) is 11.8 Å². The second-order valence-corrected chi connectivity index (χ2v) is 6.88. The van der Waals surface area contributed by atoms with E-state index in [-0.39, 0.29) is 6.61 Å². The highest BCUT2D eigenvalue weighted by Crippen LogP contribution is 2.35. The van der Waals surface area contributed by atoms with E-state index in [1.807, 2.05) is 12.1 Å². The zero-order chi connectivity index (χ0) is 16.1. The van der Waals surface area contributed by atoms with Crippen molar-refractivity contribution in [2.24, 2.45) is 5.92 Å². The summed E-state index contributed by atoms with van der Waals surface area (Å²) >= 11 is 6.03. The van der Waals surface area contributed by atoms with E-state index in [1.54, 1.807) is 0 Å². The van der Waals surface area contributed by atoms with Crippen LogP contribution in [0.3, 0.4) is 0 Å². The topological polar surface area (TPSA) is 23.5 Å². The van der Waals surface area contributed by atoms with E-state index in [0.717, 1.165) is 37.5 Å². The molecule has 0 aromatic heterocycles. The molecule has 0 bridgehead atoms. The molecule has 0 spiro atoms. The lowest BCUT2D eigenvalue weighted by molar-refractivity contribution is 0.130. The van der Waals surface area contributed by atoms with Crippen molar-refractivity contribution in [2.75, 3.05) is 19.7 Å². The van der Waals surface area contributed by atoms with Crippen LogP contribution >= 0.6 is 11.6 Å². The Labute approximate surface area is 143 Å². The van der Waals surface area contributed by atoms with Gasteiger partial charge in [0, 0.05) is 24.7 Å². The van der Waals surface area contributed by atoms with Crippen LogP contribution in [0.25, 0.3) is 0 Å². The van der Waals surface area contributed by atoms with E-state index < -0.39 is 0 Å². The molecule has 3 heteroatoms. The molecule has 23 heavy (non-hydrogen) atoms. The highest BCUT2D eigenvalue weighted by atomic mass is 35.5. The average molecular weight is 330 g/mol. The van der Waals surface area contributed by atoms with Crippen LogP contribution < -0.4 is 0 Å². The van der Waals surface area contributed by atoms with Gasteiger partial charge in [-0.25, -0.2) is 0 Å². The fraction of sp³-hybridized carbons (Fsp3) is 0.400. The van der Waals surface area contributed by atoms with Crippen molar-refractivity contribution in [1.82, 2.24) is 4.90 Å². The first-order chi connectivity index (χ1) is 11.3. The van der Waals surface area contributed by atoms with Gasteiger partial charge in [0.2, 0.25) is 0 Å². The molecule has 3 rings (SSSR count). The summed E-state index contributed by atoms with van der Waals surface area (Å²) in [4.78, 5) is 2.53. The molecule has 2 atom stereocenters. The lowest BCUT2D eigenvalue weighted by atomic mass is 9.79. The van der Waals surface area contributed by atoms with Gasteiger partial charge < -0.3 is 5.11 Å². The lowest BCUT2D eigenvalue weighted by Gasteiger charge is -2.39. The molecule has 1 saturated heterocycles. The fourth-order valence-corrected chi connectivity index (χ4v) is 3.78. The largest absolute Gasteiger partial charge is 0.396 e. The maximum absolute atomic E-state index is 9.39. The molecular weight excluding hydrogens is 306 g/mol. The zero-order valence-electron chi connectivity index (χ0n) is 13.4. The summed E-state index contributed by atoms with van der Waals surface area (Å²) in [5.74, 6) is 1.02. The predicted molar refractivity (Wildman–Crippen MR) is 95.7 cm³/mol. The van der Waals surface area contributed by atoms with Crippen molar-refractivity contribution >= 4 is 11.6 Å². The van der Waals surface area contributed by atoms with Crippen LogP contribution in [-0.2, 0) is 6.54 Å². The minimum Gasteiger partial charge on any atom is -0.396 e. The Kier molecular flexibility index (Phi) is 5.71. The molecule has 122 valence electrons. The smallest absolute Gasteiger partial charge is 0.0433 e. The summed E-state index contributed by atoms with van der Waals surface area (Å²) in [7, 11) is 0. The molecule has 0 radical (unpaired) electrons. The first-order valence-electron chi connectivity index (χ1n) is 8.39. The number of benzene rings is 2. The first-order valence-corrected chi connectivity index (χ1v) is 8.76. The van der Waals surface area contributed by atoms with Gasteiger partial charge in [0.1, 0.15) is 0 Å². The van der Waals surface area contributed by atoms with E-state index in [1.165, 1.54) is 11.1 Å². The average Bonchev–Trinajstić information content (AvgIpc) is 2.58. The molecule has 2 aromatic carbocycles. The van der Waals surface area contributed by atoms with E-state index >= 15 is 0 Å². The lowest BCUT2D eigenvalue weighted by Crippen LogP contribution is -2.39. The summed E-state index contributed by atoms with van der Waals surface area (Å²) in [5.41, 5.74) is 2.70. The number of hydrogen-bond donors (Lipinski definition) is 1. The number of piperidine rings is 1. The van der Waals surface area contributed by atoms with Crippen molar-refractivity contribution in [3.63, 3.8) is 0 Å². The van der Waals surface area contributed by atoms with Gasteiger partial charge in [0.15, 0.2) is 0 Å². The van der Waals surface area contributed by atoms with Gasteiger partial charge in [-0.3, -0.25) is 4.90 Å². The van der Waals surface area contributed by atoms with Crippen molar-refractivity contribution in [3.8, 4) is 0 Å². The summed E-state index contributed by atoms with van der Waals surface area (Å²) in [6.07, 6.45) is 2.02.